The van der Waals surface area contributed by atoms with Gasteiger partial charge in [0.15, 0.2) is 0 Å². The second-order valence-corrected chi connectivity index (χ2v) is 6.88. The fraction of sp³-hybridized carbons (Fsp3) is 0.222. The predicted octanol–water partition coefficient (Wildman–Crippen LogP) is 4.27. The molecule has 0 unspecified atom stereocenters. The molecule has 2 aromatic rings. The zero-order valence-corrected chi connectivity index (χ0v) is 14.8. The van der Waals surface area contributed by atoms with Gasteiger partial charge in [0.2, 0.25) is 0 Å². The molecule has 3 rings (SSSR count). The van der Waals surface area contributed by atoms with Gasteiger partial charge in [0, 0.05) is 0 Å². The number of benzene rings is 2. The Kier molecular flexibility index (Phi) is 4.28. The summed E-state index contributed by atoms with van der Waals surface area (Å²) in [4.78, 5) is 26.4. The Morgan fingerprint density at radius 1 is 1.04 bits per heavy atom. The van der Waals surface area contributed by atoms with Crippen molar-refractivity contribution in [3.8, 4) is 0 Å². The van der Waals surface area contributed by atoms with E-state index in [1.807, 2.05) is 31.2 Å². The van der Waals surface area contributed by atoms with Gasteiger partial charge < -0.3 is 5.32 Å². The topological polar surface area (TPSA) is 49.4 Å². The van der Waals surface area contributed by atoms with E-state index in [4.69, 9.17) is 23.2 Å². The van der Waals surface area contributed by atoms with Crippen molar-refractivity contribution < 1.29 is 9.59 Å². The van der Waals surface area contributed by atoms with E-state index in [9.17, 15) is 9.59 Å². The number of urea groups is 1. The minimum Gasteiger partial charge on any atom is -0.319 e. The van der Waals surface area contributed by atoms with Gasteiger partial charge in [0.1, 0.15) is 5.54 Å². The first-order valence-electron chi connectivity index (χ1n) is 7.46. The van der Waals surface area contributed by atoms with Gasteiger partial charge in [0.25, 0.3) is 5.91 Å². The summed E-state index contributed by atoms with van der Waals surface area (Å²) in [6, 6.07) is 12.2. The molecule has 1 aliphatic rings. The first-order valence-corrected chi connectivity index (χ1v) is 8.22. The van der Waals surface area contributed by atoms with E-state index in [0.717, 1.165) is 16.7 Å². The van der Waals surface area contributed by atoms with Crippen LogP contribution in [0.2, 0.25) is 10.0 Å². The molecule has 124 valence electrons. The van der Waals surface area contributed by atoms with Crippen molar-refractivity contribution in [2.45, 2.75) is 25.9 Å². The number of hydrogen-bond donors (Lipinski definition) is 1. The third-order valence-corrected chi connectivity index (χ3v) is 4.97. The van der Waals surface area contributed by atoms with Crippen molar-refractivity contribution in [1.29, 1.82) is 0 Å². The van der Waals surface area contributed by atoms with E-state index >= 15 is 0 Å². The van der Waals surface area contributed by atoms with Crippen LogP contribution in [0, 0.1) is 6.92 Å². The molecule has 24 heavy (non-hydrogen) atoms. The van der Waals surface area contributed by atoms with E-state index in [0.29, 0.717) is 10.0 Å². The molecule has 1 fully saturated rings. The lowest BCUT2D eigenvalue weighted by Gasteiger charge is -2.22. The van der Waals surface area contributed by atoms with Gasteiger partial charge in [-0.25, -0.2) is 4.79 Å². The van der Waals surface area contributed by atoms with Crippen LogP contribution in [-0.4, -0.2) is 16.8 Å². The highest BCUT2D eigenvalue weighted by atomic mass is 35.5. The molecule has 0 aromatic heterocycles. The van der Waals surface area contributed by atoms with E-state index < -0.39 is 11.6 Å². The van der Waals surface area contributed by atoms with Crippen LogP contribution < -0.4 is 5.32 Å². The third-order valence-electron chi connectivity index (χ3n) is 4.23. The standard InChI is InChI=1S/C18H16Cl2N2O2/c1-11-3-6-13(7-4-11)18(2)16(23)22(17(24)21-18)10-12-5-8-14(19)15(20)9-12/h3-9H,10H2,1-2H3,(H,21,24)/t18-/m0/s1. The lowest BCUT2D eigenvalue weighted by molar-refractivity contribution is -0.131. The Morgan fingerprint density at radius 2 is 1.71 bits per heavy atom. The highest BCUT2D eigenvalue weighted by Crippen LogP contribution is 2.31. The summed E-state index contributed by atoms with van der Waals surface area (Å²) >= 11 is 11.9. The summed E-state index contributed by atoms with van der Waals surface area (Å²) in [5, 5.41) is 3.61. The van der Waals surface area contributed by atoms with Gasteiger partial charge in [-0.15, -0.1) is 0 Å². The van der Waals surface area contributed by atoms with Gasteiger partial charge in [0.05, 0.1) is 16.6 Å². The van der Waals surface area contributed by atoms with Crippen molar-refractivity contribution in [3.63, 3.8) is 0 Å². The summed E-state index contributed by atoms with van der Waals surface area (Å²) in [7, 11) is 0. The van der Waals surface area contributed by atoms with Crippen LogP contribution in [-0.2, 0) is 16.9 Å². The van der Waals surface area contributed by atoms with E-state index in [1.54, 1.807) is 25.1 Å². The lowest BCUT2D eigenvalue weighted by atomic mass is 9.91. The van der Waals surface area contributed by atoms with E-state index in [-0.39, 0.29) is 12.5 Å². The second-order valence-electron chi connectivity index (χ2n) is 6.06. The van der Waals surface area contributed by atoms with Gasteiger partial charge in [-0.3, -0.25) is 9.69 Å². The van der Waals surface area contributed by atoms with Crippen LogP contribution in [0.25, 0.3) is 0 Å². The molecule has 1 aliphatic heterocycles. The Labute approximate surface area is 150 Å². The van der Waals surface area contributed by atoms with Crippen molar-refractivity contribution >= 4 is 35.1 Å². The molecule has 3 amide bonds. The first-order chi connectivity index (χ1) is 11.3. The van der Waals surface area contributed by atoms with E-state index in [1.165, 1.54) is 4.90 Å². The lowest BCUT2D eigenvalue weighted by Crippen LogP contribution is -2.40. The second kappa shape index (κ2) is 6.11. The maximum absolute atomic E-state index is 12.9. The molecule has 0 radical (unpaired) electrons. The highest BCUT2D eigenvalue weighted by molar-refractivity contribution is 6.42. The van der Waals surface area contributed by atoms with Crippen LogP contribution in [0.15, 0.2) is 42.5 Å². The Hall–Kier alpha value is -2.04. The molecule has 0 aliphatic carbocycles. The van der Waals surface area contributed by atoms with Crippen molar-refractivity contribution in [2.75, 3.05) is 0 Å². The molecule has 0 spiro atoms. The number of nitrogens with zero attached hydrogens (tertiary/aromatic N) is 1. The van der Waals surface area contributed by atoms with Crippen LogP contribution in [0.3, 0.4) is 0 Å². The normalized spacial score (nSPS) is 20.4. The van der Waals surface area contributed by atoms with Crippen LogP contribution in [0.4, 0.5) is 4.79 Å². The Balaban J connectivity index is 1.88. The van der Waals surface area contributed by atoms with Gasteiger partial charge in [-0.1, -0.05) is 59.1 Å². The van der Waals surface area contributed by atoms with Crippen LogP contribution in [0.1, 0.15) is 23.6 Å². The number of aryl methyl sites for hydroxylation is 1. The summed E-state index contributed by atoms with van der Waals surface area (Å²) in [5.74, 6) is -0.289. The number of imide groups is 1. The maximum Gasteiger partial charge on any atom is 0.325 e. The first kappa shape index (κ1) is 16.8. The van der Waals surface area contributed by atoms with Gasteiger partial charge in [-0.2, -0.15) is 0 Å². The summed E-state index contributed by atoms with van der Waals surface area (Å²) in [6.45, 7) is 3.83. The van der Waals surface area contributed by atoms with Crippen molar-refractivity contribution in [2.24, 2.45) is 0 Å². The molecule has 6 heteroatoms. The highest BCUT2D eigenvalue weighted by Gasteiger charge is 2.48. The number of nitrogens with one attached hydrogen (secondary N) is 1. The quantitative estimate of drug-likeness (QED) is 0.828. The smallest absolute Gasteiger partial charge is 0.319 e. The number of amides is 3. The average molecular weight is 363 g/mol. The molecule has 1 heterocycles. The predicted molar refractivity (Wildman–Crippen MR) is 94.1 cm³/mol. The van der Waals surface area contributed by atoms with Gasteiger partial charge >= 0.3 is 6.03 Å². The average Bonchev–Trinajstić information content (AvgIpc) is 2.76. The van der Waals surface area contributed by atoms with Crippen LogP contribution in [0.5, 0.6) is 0 Å². The SMILES string of the molecule is Cc1ccc([C@]2(C)NC(=O)N(Cc3ccc(Cl)c(Cl)c3)C2=O)cc1. The molecule has 4 nitrogen and oxygen atoms in total. The zero-order valence-electron chi connectivity index (χ0n) is 13.3. The van der Waals surface area contributed by atoms with Crippen molar-refractivity contribution in [3.05, 3.63) is 69.2 Å². The minimum absolute atomic E-state index is 0.142. The number of carbonyl (C=O) groups is 2. The monoisotopic (exact) mass is 362 g/mol. The largest absolute Gasteiger partial charge is 0.325 e. The zero-order chi connectivity index (χ0) is 17.5. The Morgan fingerprint density at radius 3 is 2.33 bits per heavy atom. The fourth-order valence-electron chi connectivity index (χ4n) is 2.74. The summed E-state index contributed by atoms with van der Waals surface area (Å²) < 4.78 is 0. The molecular weight excluding hydrogens is 347 g/mol. The fourth-order valence-corrected chi connectivity index (χ4v) is 3.06. The number of rotatable bonds is 3. The maximum atomic E-state index is 12.9. The number of halogens is 2. The molecule has 0 bridgehead atoms. The third kappa shape index (κ3) is 2.87. The Bertz CT molecular complexity index is 820. The van der Waals surface area contributed by atoms with Crippen LogP contribution >= 0.6 is 23.2 Å². The molecule has 1 N–H and O–H groups in total. The number of carbonyl (C=O) groups excluding carboxylic acids is 2. The van der Waals surface area contributed by atoms with Gasteiger partial charge in [-0.05, 0) is 37.1 Å². The van der Waals surface area contributed by atoms with Crippen molar-refractivity contribution in [1.82, 2.24) is 10.2 Å². The molecule has 1 saturated heterocycles. The summed E-state index contributed by atoms with van der Waals surface area (Å²) in [6.07, 6.45) is 0. The summed E-state index contributed by atoms with van der Waals surface area (Å²) in [5.41, 5.74) is 1.51. The molecular formula is C18H16Cl2N2O2. The van der Waals surface area contributed by atoms with E-state index in [2.05, 4.69) is 5.32 Å². The number of hydrogen-bond acceptors (Lipinski definition) is 2. The minimum atomic E-state index is -1.07. The molecule has 1 atom stereocenters. The molecule has 0 saturated carbocycles. The molecule has 2 aromatic carbocycles.